The maximum Gasteiger partial charge on any atom is 0.0138 e. The molecule has 1 aromatic carbocycles. The predicted octanol–water partition coefficient (Wildman–Crippen LogP) is 2.58. The topological polar surface area (TPSA) is 26.0 Å². The normalized spacial score (nSPS) is 11.8. The van der Waals surface area contributed by atoms with Crippen LogP contribution in [0.1, 0.15) is 30.5 Å². The molecule has 1 rings (SSSR count). The van der Waals surface area contributed by atoms with Gasteiger partial charge in [0, 0.05) is 5.54 Å². The number of hydrogen-bond acceptors (Lipinski definition) is 1. The maximum absolute atomic E-state index is 5.97. The molecule has 0 saturated heterocycles. The minimum absolute atomic E-state index is 0.111. The van der Waals surface area contributed by atoms with Gasteiger partial charge in [-0.2, -0.15) is 0 Å². The third-order valence-electron chi connectivity index (χ3n) is 2.14. The average molecular weight is 177 g/mol. The van der Waals surface area contributed by atoms with Crippen LogP contribution in [0.3, 0.4) is 0 Å². The summed E-state index contributed by atoms with van der Waals surface area (Å²) in [5, 5.41) is 0. The summed E-state index contributed by atoms with van der Waals surface area (Å²) in [7, 11) is 0. The molecule has 1 aromatic rings. The molecule has 0 fully saturated rings. The van der Waals surface area contributed by atoms with Crippen LogP contribution in [0.15, 0.2) is 18.2 Å². The highest BCUT2D eigenvalue weighted by atomic mass is 14.7. The van der Waals surface area contributed by atoms with Crippen LogP contribution in [0.5, 0.6) is 0 Å². The highest BCUT2D eigenvalue weighted by Gasteiger charge is 2.12. The van der Waals surface area contributed by atoms with Crippen molar-refractivity contribution >= 4 is 0 Å². The van der Waals surface area contributed by atoms with E-state index in [0.717, 1.165) is 6.42 Å². The van der Waals surface area contributed by atoms with Crippen molar-refractivity contribution in [2.24, 2.45) is 5.73 Å². The van der Waals surface area contributed by atoms with Gasteiger partial charge in [0.15, 0.2) is 0 Å². The molecule has 0 radical (unpaired) electrons. The number of benzene rings is 1. The molecule has 2 N–H and O–H groups in total. The third kappa shape index (κ3) is 3.19. The van der Waals surface area contributed by atoms with Gasteiger partial charge in [-0.15, -0.1) is 0 Å². The summed E-state index contributed by atoms with van der Waals surface area (Å²) in [4.78, 5) is 0. The lowest BCUT2D eigenvalue weighted by Gasteiger charge is -2.19. The molecule has 0 unspecified atom stereocenters. The van der Waals surface area contributed by atoms with Crippen molar-refractivity contribution in [3.05, 3.63) is 34.9 Å². The van der Waals surface area contributed by atoms with Crippen molar-refractivity contribution in [2.75, 3.05) is 0 Å². The zero-order valence-corrected chi connectivity index (χ0v) is 9.02. The van der Waals surface area contributed by atoms with Crippen molar-refractivity contribution in [1.29, 1.82) is 0 Å². The monoisotopic (exact) mass is 177 g/mol. The molecule has 0 heterocycles. The maximum atomic E-state index is 5.97. The fourth-order valence-corrected chi connectivity index (χ4v) is 1.54. The van der Waals surface area contributed by atoms with E-state index in [-0.39, 0.29) is 5.54 Å². The molecule has 0 spiro atoms. The van der Waals surface area contributed by atoms with Crippen molar-refractivity contribution in [3.8, 4) is 0 Å². The first-order valence-corrected chi connectivity index (χ1v) is 4.73. The zero-order chi connectivity index (χ0) is 10.1. The molecule has 0 aliphatic heterocycles. The SMILES string of the molecule is Cc1ccc(CC(C)(C)N)c(C)c1. The molecule has 13 heavy (non-hydrogen) atoms. The van der Waals surface area contributed by atoms with Crippen LogP contribution < -0.4 is 5.73 Å². The summed E-state index contributed by atoms with van der Waals surface area (Å²) in [6.07, 6.45) is 0.944. The van der Waals surface area contributed by atoms with Gasteiger partial charge in [-0.3, -0.25) is 0 Å². The molecule has 0 bridgehead atoms. The molecular weight excluding hydrogens is 158 g/mol. The van der Waals surface area contributed by atoms with Crippen LogP contribution in [0.4, 0.5) is 0 Å². The first-order valence-electron chi connectivity index (χ1n) is 4.73. The van der Waals surface area contributed by atoms with E-state index in [4.69, 9.17) is 5.73 Å². The fourth-order valence-electron chi connectivity index (χ4n) is 1.54. The first kappa shape index (κ1) is 10.3. The second-order valence-corrected chi connectivity index (χ2v) is 4.60. The molecule has 0 aliphatic carbocycles. The average Bonchev–Trinajstić information content (AvgIpc) is 1.93. The van der Waals surface area contributed by atoms with E-state index >= 15 is 0 Å². The first-order chi connectivity index (χ1) is 5.88. The quantitative estimate of drug-likeness (QED) is 0.738. The molecule has 0 aliphatic rings. The lowest BCUT2D eigenvalue weighted by Crippen LogP contribution is -2.34. The molecule has 0 aromatic heterocycles. The molecule has 0 saturated carbocycles. The van der Waals surface area contributed by atoms with Crippen molar-refractivity contribution in [3.63, 3.8) is 0 Å². The molecule has 1 heteroatoms. The van der Waals surface area contributed by atoms with Crippen LogP contribution in [0.25, 0.3) is 0 Å². The van der Waals surface area contributed by atoms with E-state index in [0.29, 0.717) is 0 Å². The van der Waals surface area contributed by atoms with Crippen molar-refractivity contribution in [2.45, 2.75) is 39.7 Å². The van der Waals surface area contributed by atoms with Crippen molar-refractivity contribution in [1.82, 2.24) is 0 Å². The summed E-state index contributed by atoms with van der Waals surface area (Å²) in [5.41, 5.74) is 9.88. The van der Waals surface area contributed by atoms with E-state index in [2.05, 4.69) is 45.9 Å². The van der Waals surface area contributed by atoms with E-state index < -0.39 is 0 Å². The van der Waals surface area contributed by atoms with E-state index in [9.17, 15) is 0 Å². The molecule has 72 valence electrons. The fraction of sp³-hybridized carbons (Fsp3) is 0.500. The van der Waals surface area contributed by atoms with Gasteiger partial charge in [-0.25, -0.2) is 0 Å². The lowest BCUT2D eigenvalue weighted by molar-refractivity contribution is 0.515. The highest BCUT2D eigenvalue weighted by molar-refractivity contribution is 5.31. The molecular formula is C12H19N. The summed E-state index contributed by atoms with van der Waals surface area (Å²) < 4.78 is 0. The van der Waals surface area contributed by atoms with Gasteiger partial charge in [0.05, 0.1) is 0 Å². The Kier molecular flexibility index (Phi) is 2.77. The summed E-state index contributed by atoms with van der Waals surface area (Å²) >= 11 is 0. The Hall–Kier alpha value is -0.820. The lowest BCUT2D eigenvalue weighted by atomic mass is 9.93. The molecule has 1 nitrogen and oxygen atoms in total. The van der Waals surface area contributed by atoms with E-state index in [1.807, 2.05) is 0 Å². The standard InChI is InChI=1S/C12H19N/c1-9-5-6-11(10(2)7-9)8-12(3,4)13/h5-7H,8,13H2,1-4H3. The van der Waals surface area contributed by atoms with Gasteiger partial charge in [0.2, 0.25) is 0 Å². The largest absolute Gasteiger partial charge is 0.325 e. The van der Waals surface area contributed by atoms with Crippen LogP contribution in [-0.4, -0.2) is 5.54 Å². The summed E-state index contributed by atoms with van der Waals surface area (Å²) in [6.45, 7) is 8.39. The highest BCUT2D eigenvalue weighted by Crippen LogP contribution is 2.15. The van der Waals surface area contributed by atoms with Crippen molar-refractivity contribution < 1.29 is 0 Å². The zero-order valence-electron chi connectivity index (χ0n) is 9.02. The number of hydrogen-bond donors (Lipinski definition) is 1. The Bertz CT molecular complexity index is 294. The van der Waals surface area contributed by atoms with Crippen LogP contribution in [-0.2, 0) is 6.42 Å². The number of aryl methyl sites for hydroxylation is 2. The Morgan fingerprint density at radius 2 is 1.85 bits per heavy atom. The van der Waals surface area contributed by atoms with Crippen LogP contribution in [0.2, 0.25) is 0 Å². The van der Waals surface area contributed by atoms with Gasteiger partial charge in [-0.1, -0.05) is 23.8 Å². The van der Waals surface area contributed by atoms with Gasteiger partial charge in [-0.05, 0) is 45.2 Å². The minimum Gasteiger partial charge on any atom is -0.325 e. The predicted molar refractivity (Wildman–Crippen MR) is 57.9 cm³/mol. The van der Waals surface area contributed by atoms with Gasteiger partial charge >= 0.3 is 0 Å². The van der Waals surface area contributed by atoms with Gasteiger partial charge in [0.25, 0.3) is 0 Å². The Labute approximate surface area is 81.0 Å². The van der Waals surface area contributed by atoms with Gasteiger partial charge in [0.1, 0.15) is 0 Å². The van der Waals surface area contributed by atoms with Crippen LogP contribution >= 0.6 is 0 Å². The molecule has 0 atom stereocenters. The minimum atomic E-state index is -0.111. The second-order valence-electron chi connectivity index (χ2n) is 4.60. The number of nitrogens with two attached hydrogens (primary N) is 1. The Morgan fingerprint density at radius 3 is 2.31 bits per heavy atom. The summed E-state index contributed by atoms with van der Waals surface area (Å²) in [5.74, 6) is 0. The summed E-state index contributed by atoms with van der Waals surface area (Å²) in [6, 6.07) is 6.54. The Balaban J connectivity index is 2.90. The van der Waals surface area contributed by atoms with E-state index in [1.165, 1.54) is 16.7 Å². The van der Waals surface area contributed by atoms with Crippen LogP contribution in [0, 0.1) is 13.8 Å². The van der Waals surface area contributed by atoms with E-state index in [1.54, 1.807) is 0 Å². The third-order valence-corrected chi connectivity index (χ3v) is 2.14. The van der Waals surface area contributed by atoms with Gasteiger partial charge < -0.3 is 5.73 Å². The smallest absolute Gasteiger partial charge is 0.0138 e. The second kappa shape index (κ2) is 3.51. The number of rotatable bonds is 2. The molecule has 0 amide bonds. The Morgan fingerprint density at radius 1 is 1.23 bits per heavy atom.